The molecule has 1 N–H and O–H groups in total. The molecule has 0 saturated heterocycles. The van der Waals surface area contributed by atoms with E-state index in [2.05, 4.69) is 5.32 Å². The standard InChI is InChI=1S/C14H14ClNO4/c1-8(7-19-2)16-13(17)11-6-9-5-10(15)3-4-12(9)20-14(11)18/h3-6,8H,7H2,1-2H3,(H,16,17)/t8-/m1/s1. The van der Waals surface area contributed by atoms with Crippen molar-refractivity contribution in [2.75, 3.05) is 13.7 Å². The number of halogens is 1. The van der Waals surface area contributed by atoms with Crippen LogP contribution in [-0.4, -0.2) is 25.7 Å². The van der Waals surface area contributed by atoms with E-state index in [4.69, 9.17) is 20.8 Å². The fourth-order valence-corrected chi connectivity index (χ4v) is 2.03. The highest BCUT2D eigenvalue weighted by Crippen LogP contribution is 2.18. The molecule has 0 fully saturated rings. The molecule has 0 saturated carbocycles. The zero-order valence-corrected chi connectivity index (χ0v) is 11.9. The summed E-state index contributed by atoms with van der Waals surface area (Å²) in [6, 6.07) is 6.11. The Hall–Kier alpha value is -1.85. The number of hydrogen-bond acceptors (Lipinski definition) is 4. The first-order valence-electron chi connectivity index (χ1n) is 6.04. The van der Waals surface area contributed by atoms with Crippen molar-refractivity contribution in [1.29, 1.82) is 0 Å². The van der Waals surface area contributed by atoms with Crippen molar-refractivity contribution >= 4 is 28.5 Å². The maximum atomic E-state index is 12.0. The number of methoxy groups -OCH3 is 1. The van der Waals surface area contributed by atoms with Gasteiger partial charge in [-0.15, -0.1) is 0 Å². The molecule has 0 aliphatic rings. The number of hydrogen-bond donors (Lipinski definition) is 1. The summed E-state index contributed by atoms with van der Waals surface area (Å²) in [5.41, 5.74) is -0.342. The van der Waals surface area contributed by atoms with Gasteiger partial charge < -0.3 is 14.5 Å². The maximum Gasteiger partial charge on any atom is 0.349 e. The van der Waals surface area contributed by atoms with Crippen LogP contribution in [0.4, 0.5) is 0 Å². The molecule has 0 unspecified atom stereocenters. The maximum absolute atomic E-state index is 12.0. The average molecular weight is 296 g/mol. The fourth-order valence-electron chi connectivity index (χ4n) is 1.85. The van der Waals surface area contributed by atoms with E-state index in [1.54, 1.807) is 25.1 Å². The SMILES string of the molecule is COC[C@@H](C)NC(=O)c1cc2cc(Cl)ccc2oc1=O. The first-order valence-corrected chi connectivity index (χ1v) is 6.42. The molecule has 1 aromatic carbocycles. The van der Waals surface area contributed by atoms with Crippen molar-refractivity contribution in [2.24, 2.45) is 0 Å². The van der Waals surface area contributed by atoms with Gasteiger partial charge in [0.15, 0.2) is 0 Å². The van der Waals surface area contributed by atoms with Gasteiger partial charge in [-0.25, -0.2) is 4.79 Å². The van der Waals surface area contributed by atoms with Crippen molar-refractivity contribution in [3.8, 4) is 0 Å². The second kappa shape index (κ2) is 6.07. The lowest BCUT2D eigenvalue weighted by Crippen LogP contribution is -2.37. The molecule has 0 spiro atoms. The van der Waals surface area contributed by atoms with Crippen LogP contribution in [0.15, 0.2) is 33.5 Å². The smallest absolute Gasteiger partial charge is 0.349 e. The van der Waals surface area contributed by atoms with Gasteiger partial charge in [-0.3, -0.25) is 4.79 Å². The van der Waals surface area contributed by atoms with Crippen molar-refractivity contribution in [3.05, 3.63) is 45.3 Å². The highest BCUT2D eigenvalue weighted by molar-refractivity contribution is 6.31. The van der Waals surface area contributed by atoms with Crippen LogP contribution in [0.3, 0.4) is 0 Å². The topological polar surface area (TPSA) is 68.5 Å². The zero-order valence-electron chi connectivity index (χ0n) is 11.1. The predicted octanol–water partition coefficient (Wildman–Crippen LogP) is 2.21. The van der Waals surface area contributed by atoms with Gasteiger partial charge in [0.1, 0.15) is 11.1 Å². The monoisotopic (exact) mass is 295 g/mol. The predicted molar refractivity (Wildman–Crippen MR) is 76.3 cm³/mol. The lowest BCUT2D eigenvalue weighted by atomic mass is 10.1. The molecule has 2 aromatic rings. The molecule has 1 aromatic heterocycles. The van der Waals surface area contributed by atoms with Crippen molar-refractivity contribution in [3.63, 3.8) is 0 Å². The minimum Gasteiger partial charge on any atom is -0.422 e. The summed E-state index contributed by atoms with van der Waals surface area (Å²) < 4.78 is 10.0. The molecule has 0 aliphatic carbocycles. The lowest BCUT2D eigenvalue weighted by Gasteiger charge is -2.12. The Bertz CT molecular complexity index is 695. The Morgan fingerprint density at radius 2 is 2.20 bits per heavy atom. The summed E-state index contributed by atoms with van der Waals surface area (Å²) in [4.78, 5) is 23.8. The van der Waals surface area contributed by atoms with Gasteiger partial charge in [-0.05, 0) is 31.2 Å². The number of fused-ring (bicyclic) bond motifs is 1. The van der Waals surface area contributed by atoms with Crippen LogP contribution >= 0.6 is 11.6 Å². The lowest BCUT2D eigenvalue weighted by molar-refractivity contribution is 0.0902. The molecular weight excluding hydrogens is 282 g/mol. The summed E-state index contributed by atoms with van der Waals surface area (Å²) >= 11 is 5.88. The van der Waals surface area contributed by atoms with E-state index in [0.29, 0.717) is 22.6 Å². The van der Waals surface area contributed by atoms with E-state index in [1.165, 1.54) is 13.2 Å². The Labute approximate surface area is 120 Å². The molecule has 20 heavy (non-hydrogen) atoms. The first-order chi connectivity index (χ1) is 9.51. The van der Waals surface area contributed by atoms with Gasteiger partial charge in [0, 0.05) is 23.6 Å². The Morgan fingerprint density at radius 3 is 2.90 bits per heavy atom. The van der Waals surface area contributed by atoms with E-state index in [9.17, 15) is 9.59 Å². The van der Waals surface area contributed by atoms with E-state index < -0.39 is 11.5 Å². The summed E-state index contributed by atoms with van der Waals surface area (Å²) in [6.45, 7) is 2.14. The summed E-state index contributed by atoms with van der Waals surface area (Å²) in [5, 5.41) is 3.76. The molecular formula is C14H14ClNO4. The van der Waals surface area contributed by atoms with Gasteiger partial charge in [0.25, 0.3) is 5.91 Å². The van der Waals surface area contributed by atoms with Crippen molar-refractivity contribution in [1.82, 2.24) is 5.32 Å². The Kier molecular flexibility index (Phi) is 4.42. The second-order valence-corrected chi connectivity index (χ2v) is 4.90. The number of carbonyl (C=O) groups excluding carboxylic acids is 1. The molecule has 6 heteroatoms. The number of carbonyl (C=O) groups is 1. The number of benzene rings is 1. The van der Waals surface area contributed by atoms with Gasteiger partial charge in [0.05, 0.1) is 6.61 Å². The first kappa shape index (κ1) is 14.6. The molecule has 2 rings (SSSR count). The number of amides is 1. The molecule has 1 heterocycles. The Balaban J connectivity index is 2.36. The molecule has 5 nitrogen and oxygen atoms in total. The average Bonchev–Trinajstić information content (AvgIpc) is 2.38. The third-order valence-electron chi connectivity index (χ3n) is 2.73. The van der Waals surface area contributed by atoms with Gasteiger partial charge in [-0.1, -0.05) is 11.6 Å². The zero-order chi connectivity index (χ0) is 14.7. The third kappa shape index (κ3) is 3.18. The van der Waals surface area contributed by atoms with Crippen LogP contribution in [0, 0.1) is 0 Å². The van der Waals surface area contributed by atoms with E-state index in [1.807, 2.05) is 0 Å². The summed E-state index contributed by atoms with van der Waals surface area (Å²) in [7, 11) is 1.54. The molecule has 1 amide bonds. The van der Waals surface area contributed by atoms with E-state index in [-0.39, 0.29) is 11.6 Å². The fraction of sp³-hybridized carbons (Fsp3) is 0.286. The summed E-state index contributed by atoms with van der Waals surface area (Å²) in [6.07, 6.45) is 0. The van der Waals surface area contributed by atoms with Crippen LogP contribution in [0.1, 0.15) is 17.3 Å². The van der Waals surface area contributed by atoms with E-state index >= 15 is 0 Å². The normalized spacial score (nSPS) is 12.3. The molecule has 0 aliphatic heterocycles. The highest BCUT2D eigenvalue weighted by atomic mass is 35.5. The quantitative estimate of drug-likeness (QED) is 0.878. The van der Waals surface area contributed by atoms with Crippen molar-refractivity contribution in [2.45, 2.75) is 13.0 Å². The van der Waals surface area contributed by atoms with Crippen LogP contribution in [0.5, 0.6) is 0 Å². The van der Waals surface area contributed by atoms with Crippen molar-refractivity contribution < 1.29 is 13.9 Å². The second-order valence-electron chi connectivity index (χ2n) is 4.46. The largest absolute Gasteiger partial charge is 0.422 e. The number of rotatable bonds is 4. The van der Waals surface area contributed by atoms with Crippen LogP contribution in [-0.2, 0) is 4.74 Å². The Morgan fingerprint density at radius 1 is 1.45 bits per heavy atom. The van der Waals surface area contributed by atoms with Gasteiger partial charge >= 0.3 is 5.63 Å². The van der Waals surface area contributed by atoms with Crippen LogP contribution < -0.4 is 10.9 Å². The minimum atomic E-state index is -0.679. The summed E-state index contributed by atoms with van der Waals surface area (Å²) in [5.74, 6) is -0.495. The molecule has 0 radical (unpaired) electrons. The molecule has 106 valence electrons. The highest BCUT2D eigenvalue weighted by Gasteiger charge is 2.15. The van der Waals surface area contributed by atoms with Gasteiger partial charge in [0.2, 0.25) is 0 Å². The number of ether oxygens (including phenoxy) is 1. The number of nitrogens with one attached hydrogen (secondary N) is 1. The minimum absolute atomic E-state index is 0.0530. The van der Waals surface area contributed by atoms with Crippen LogP contribution in [0.2, 0.25) is 5.02 Å². The van der Waals surface area contributed by atoms with Gasteiger partial charge in [-0.2, -0.15) is 0 Å². The van der Waals surface area contributed by atoms with Crippen LogP contribution in [0.25, 0.3) is 11.0 Å². The van der Waals surface area contributed by atoms with E-state index in [0.717, 1.165) is 0 Å². The molecule has 0 bridgehead atoms. The third-order valence-corrected chi connectivity index (χ3v) is 2.97. The molecule has 1 atom stereocenters.